The molecule has 0 unspecified atom stereocenters. The fourth-order valence-electron chi connectivity index (χ4n) is 6.57. The Kier molecular flexibility index (Phi) is 10.4. The smallest absolute Gasteiger partial charge is 0.190 e. The molecule has 12 nitrogen and oxygen atoms in total. The molecule has 0 atom stereocenters. The Balaban J connectivity index is 1.15. The molecule has 2 aromatic heterocycles. The molecule has 1 aliphatic carbocycles. The van der Waals surface area contributed by atoms with Gasteiger partial charge >= 0.3 is 0 Å². The molecule has 0 bridgehead atoms. The van der Waals surface area contributed by atoms with Gasteiger partial charge in [-0.3, -0.25) is 4.31 Å². The van der Waals surface area contributed by atoms with Crippen LogP contribution in [0.2, 0.25) is 0 Å². The van der Waals surface area contributed by atoms with E-state index >= 15 is 0 Å². The highest BCUT2D eigenvalue weighted by Crippen LogP contribution is 2.47. The van der Waals surface area contributed by atoms with E-state index in [1.165, 1.54) is 11.9 Å². The van der Waals surface area contributed by atoms with Crippen molar-refractivity contribution in [2.45, 2.75) is 43.2 Å². The van der Waals surface area contributed by atoms with Crippen molar-refractivity contribution < 1.29 is 32.9 Å². The molecule has 0 spiro atoms. The first kappa shape index (κ1) is 36.0. The maximum atomic E-state index is 6.08. The van der Waals surface area contributed by atoms with Gasteiger partial charge in [-0.25, -0.2) is 4.68 Å². The van der Waals surface area contributed by atoms with Crippen molar-refractivity contribution in [2.75, 3.05) is 51.8 Å². The SMILES string of the molecule is COc1ccc(CN(Sc2c(OC)cc(C3=CCCO3)cc2OC)c2noc3cc(Nc4cc(C5CC5)nn4Cc4ccc(OC)cc4)c(OC)cc23)cc1. The minimum absolute atomic E-state index is 0.468. The van der Waals surface area contributed by atoms with Crippen molar-refractivity contribution in [3.63, 3.8) is 0 Å². The minimum Gasteiger partial charge on any atom is -0.497 e. The van der Waals surface area contributed by atoms with Crippen LogP contribution in [0.5, 0.6) is 28.7 Å². The van der Waals surface area contributed by atoms with Crippen molar-refractivity contribution >= 4 is 46.0 Å². The van der Waals surface area contributed by atoms with Crippen LogP contribution in [-0.2, 0) is 17.8 Å². The summed E-state index contributed by atoms with van der Waals surface area (Å²) in [6.07, 6.45) is 5.24. The number of nitrogens with zero attached hydrogens (tertiary/aromatic N) is 4. The van der Waals surface area contributed by atoms with Crippen molar-refractivity contribution in [3.8, 4) is 28.7 Å². The van der Waals surface area contributed by atoms with E-state index in [0.717, 1.165) is 80.7 Å². The molecule has 13 heteroatoms. The van der Waals surface area contributed by atoms with E-state index in [0.29, 0.717) is 54.3 Å². The van der Waals surface area contributed by atoms with Crippen molar-refractivity contribution in [1.82, 2.24) is 14.9 Å². The summed E-state index contributed by atoms with van der Waals surface area (Å²) in [5.74, 6) is 6.26. The molecule has 284 valence electrons. The number of rotatable bonds is 16. The Bertz CT molecular complexity index is 2290. The van der Waals surface area contributed by atoms with Gasteiger partial charge in [0.05, 0.1) is 72.0 Å². The predicted molar refractivity (Wildman–Crippen MR) is 213 cm³/mol. The lowest BCUT2D eigenvalue weighted by atomic mass is 10.1. The van der Waals surface area contributed by atoms with Gasteiger partial charge in [-0.1, -0.05) is 29.4 Å². The van der Waals surface area contributed by atoms with Crippen LogP contribution in [-0.4, -0.2) is 57.1 Å². The predicted octanol–water partition coefficient (Wildman–Crippen LogP) is 9.21. The summed E-state index contributed by atoms with van der Waals surface area (Å²) in [7, 11) is 8.30. The Morgan fingerprint density at radius 1 is 0.800 bits per heavy atom. The summed E-state index contributed by atoms with van der Waals surface area (Å²) < 4.78 is 44.7. The lowest BCUT2D eigenvalue weighted by Crippen LogP contribution is -2.15. The number of hydrogen-bond donors (Lipinski definition) is 1. The average Bonchev–Trinajstić information content (AvgIpc) is 3.55. The lowest BCUT2D eigenvalue weighted by Gasteiger charge is -2.24. The maximum Gasteiger partial charge on any atom is 0.190 e. The van der Waals surface area contributed by atoms with Crippen LogP contribution in [0, 0.1) is 0 Å². The van der Waals surface area contributed by atoms with E-state index < -0.39 is 0 Å². The fraction of sp³-hybridized carbons (Fsp3) is 0.286. The lowest BCUT2D eigenvalue weighted by molar-refractivity contribution is 0.306. The number of anilines is 3. The molecule has 1 aliphatic heterocycles. The van der Waals surface area contributed by atoms with Gasteiger partial charge in [0.2, 0.25) is 0 Å². The van der Waals surface area contributed by atoms with Gasteiger partial charge in [0, 0.05) is 30.0 Å². The highest BCUT2D eigenvalue weighted by atomic mass is 32.2. The van der Waals surface area contributed by atoms with Crippen molar-refractivity contribution in [3.05, 3.63) is 107 Å². The van der Waals surface area contributed by atoms with Crippen LogP contribution in [0.15, 0.2) is 94.4 Å². The first-order valence-corrected chi connectivity index (χ1v) is 18.9. The van der Waals surface area contributed by atoms with E-state index in [9.17, 15) is 0 Å². The number of ether oxygens (including phenoxy) is 6. The zero-order valence-corrected chi connectivity index (χ0v) is 32.3. The first-order chi connectivity index (χ1) is 27.0. The molecule has 0 amide bonds. The molecular weight excluding hydrogens is 719 g/mol. The summed E-state index contributed by atoms with van der Waals surface area (Å²) in [5, 5.41) is 14.0. The first-order valence-electron chi connectivity index (χ1n) is 18.1. The third kappa shape index (κ3) is 7.70. The van der Waals surface area contributed by atoms with Gasteiger partial charge in [0.15, 0.2) is 11.4 Å². The number of methoxy groups -OCH3 is 5. The highest BCUT2D eigenvalue weighted by Gasteiger charge is 2.29. The standard InChI is InChI=1S/C42H43N5O7S/c1-48-30-14-8-26(9-15-30)24-46-40(23-33(44-46)28-12-13-28)43-34-22-36-32(21-37(34)50-3)42(45-54-36)47(25-27-10-16-31(49-2)17-11-27)55-41-38(51-4)19-29(20-39(41)52-5)35-7-6-18-53-35/h7-11,14-17,19-23,28,43H,6,12-13,18,24-25H2,1-5H3. The summed E-state index contributed by atoms with van der Waals surface area (Å²) in [4.78, 5) is 0.777. The van der Waals surface area contributed by atoms with Gasteiger partial charge in [-0.05, 0) is 84.5 Å². The van der Waals surface area contributed by atoms with E-state index in [1.807, 2.05) is 65.3 Å². The van der Waals surface area contributed by atoms with Crippen LogP contribution in [0.1, 0.15) is 47.6 Å². The molecule has 1 N–H and O–H groups in total. The van der Waals surface area contributed by atoms with Crippen LogP contribution >= 0.6 is 11.9 Å². The van der Waals surface area contributed by atoms with Crippen LogP contribution in [0.4, 0.5) is 17.3 Å². The normalized spacial score (nSPS) is 13.7. The minimum atomic E-state index is 0.468. The zero-order chi connectivity index (χ0) is 37.9. The van der Waals surface area contributed by atoms with Crippen molar-refractivity contribution in [1.29, 1.82) is 0 Å². The van der Waals surface area contributed by atoms with Gasteiger partial charge < -0.3 is 38.3 Å². The monoisotopic (exact) mass is 761 g/mol. The second kappa shape index (κ2) is 15.8. The Hall–Kier alpha value is -5.95. The van der Waals surface area contributed by atoms with E-state index in [-0.39, 0.29) is 0 Å². The average molecular weight is 762 g/mol. The van der Waals surface area contributed by atoms with Gasteiger partial charge in [0.1, 0.15) is 45.2 Å². The summed E-state index contributed by atoms with van der Waals surface area (Å²) >= 11 is 1.45. The van der Waals surface area contributed by atoms with Gasteiger partial charge in [-0.2, -0.15) is 5.10 Å². The van der Waals surface area contributed by atoms with Gasteiger partial charge in [0.25, 0.3) is 0 Å². The topological polar surface area (TPSA) is 114 Å². The Morgan fingerprint density at radius 3 is 2.07 bits per heavy atom. The largest absolute Gasteiger partial charge is 0.497 e. The molecule has 3 heterocycles. The quantitative estimate of drug-likeness (QED) is 0.0949. The molecule has 1 saturated carbocycles. The molecule has 4 aromatic carbocycles. The fourth-order valence-corrected chi connectivity index (χ4v) is 7.68. The van der Waals surface area contributed by atoms with E-state index in [4.69, 9.17) is 38.0 Å². The molecule has 2 aliphatic rings. The Labute approximate surface area is 324 Å². The third-order valence-electron chi connectivity index (χ3n) is 9.69. The molecule has 8 rings (SSSR count). The highest BCUT2D eigenvalue weighted by molar-refractivity contribution is 8.00. The van der Waals surface area contributed by atoms with Crippen molar-refractivity contribution in [2.24, 2.45) is 0 Å². The third-order valence-corrected chi connectivity index (χ3v) is 10.8. The molecule has 55 heavy (non-hydrogen) atoms. The molecule has 1 fully saturated rings. The maximum absolute atomic E-state index is 6.08. The van der Waals surface area contributed by atoms with E-state index in [2.05, 4.69) is 39.1 Å². The zero-order valence-electron chi connectivity index (χ0n) is 31.5. The number of aromatic nitrogens is 3. The van der Waals surface area contributed by atoms with Crippen LogP contribution < -0.4 is 33.3 Å². The number of nitrogens with one attached hydrogen (secondary N) is 1. The van der Waals surface area contributed by atoms with Crippen LogP contribution in [0.25, 0.3) is 16.7 Å². The van der Waals surface area contributed by atoms with Gasteiger partial charge in [-0.15, -0.1) is 0 Å². The van der Waals surface area contributed by atoms with Crippen LogP contribution in [0.3, 0.4) is 0 Å². The van der Waals surface area contributed by atoms with E-state index in [1.54, 1.807) is 35.5 Å². The molecular formula is C42H43N5O7S. The molecule has 6 aromatic rings. The summed E-state index contributed by atoms with van der Waals surface area (Å²) in [6.45, 7) is 1.71. The molecule has 0 saturated heterocycles. The second-order valence-electron chi connectivity index (χ2n) is 13.3. The second-order valence-corrected chi connectivity index (χ2v) is 14.3. The number of hydrogen-bond acceptors (Lipinski definition) is 12. The summed E-state index contributed by atoms with van der Waals surface area (Å²) in [6, 6.07) is 26.0. The number of fused-ring (bicyclic) bond motifs is 1. The number of benzene rings is 4. The summed E-state index contributed by atoms with van der Waals surface area (Å²) in [5.41, 5.74) is 5.43. The molecule has 0 radical (unpaired) electrons. The Morgan fingerprint density at radius 2 is 1.47 bits per heavy atom.